The lowest BCUT2D eigenvalue weighted by molar-refractivity contribution is -0.123. The molecular formula is C17H24O. The first-order valence-corrected chi connectivity index (χ1v) is 7.42. The topological polar surface area (TPSA) is 17.1 Å². The Kier molecular flexibility index (Phi) is 2.59. The number of rotatable bonds is 0. The molecule has 0 N–H and O–H groups in total. The van der Waals surface area contributed by atoms with Crippen molar-refractivity contribution in [3.05, 3.63) is 23.3 Å². The van der Waals surface area contributed by atoms with Gasteiger partial charge in [-0.25, -0.2) is 0 Å². The van der Waals surface area contributed by atoms with Crippen LogP contribution in [0.4, 0.5) is 0 Å². The summed E-state index contributed by atoms with van der Waals surface area (Å²) in [7, 11) is 0. The fraction of sp³-hybridized carbons (Fsp3) is 0.706. The monoisotopic (exact) mass is 244 g/mol. The number of allylic oxidation sites excluding steroid dienone is 4. The third kappa shape index (κ3) is 1.49. The van der Waals surface area contributed by atoms with Gasteiger partial charge in [-0.2, -0.15) is 0 Å². The van der Waals surface area contributed by atoms with E-state index in [-0.39, 0.29) is 11.3 Å². The summed E-state index contributed by atoms with van der Waals surface area (Å²) in [5.41, 5.74) is 3.62. The number of Topliss-reactive ketones (excluding diaryl/α,β-unsaturated/α-hetero) is 1. The highest BCUT2D eigenvalue weighted by atomic mass is 16.1. The van der Waals surface area contributed by atoms with Crippen LogP contribution in [0.2, 0.25) is 0 Å². The average molecular weight is 244 g/mol. The van der Waals surface area contributed by atoms with Crippen LogP contribution < -0.4 is 0 Å². The van der Waals surface area contributed by atoms with Crippen molar-refractivity contribution in [2.45, 2.75) is 59.3 Å². The summed E-state index contributed by atoms with van der Waals surface area (Å²) < 4.78 is 0. The second-order valence-corrected chi connectivity index (χ2v) is 6.95. The fourth-order valence-corrected chi connectivity index (χ4v) is 4.64. The molecule has 1 fully saturated rings. The van der Waals surface area contributed by atoms with Crippen molar-refractivity contribution in [2.75, 3.05) is 0 Å². The zero-order valence-corrected chi connectivity index (χ0v) is 11.9. The Morgan fingerprint density at radius 2 is 2.00 bits per heavy atom. The van der Waals surface area contributed by atoms with E-state index in [1.54, 1.807) is 5.57 Å². The van der Waals surface area contributed by atoms with Gasteiger partial charge in [-0.1, -0.05) is 44.1 Å². The van der Waals surface area contributed by atoms with Gasteiger partial charge in [-0.05, 0) is 37.5 Å². The van der Waals surface area contributed by atoms with E-state index in [0.29, 0.717) is 11.2 Å². The van der Waals surface area contributed by atoms with E-state index in [9.17, 15) is 4.79 Å². The maximum Gasteiger partial charge on any atom is 0.139 e. The summed E-state index contributed by atoms with van der Waals surface area (Å²) in [6, 6.07) is 0. The second kappa shape index (κ2) is 3.82. The third-order valence-electron chi connectivity index (χ3n) is 5.76. The number of hydrogen-bond acceptors (Lipinski definition) is 1. The van der Waals surface area contributed by atoms with Crippen molar-refractivity contribution in [1.29, 1.82) is 0 Å². The maximum atomic E-state index is 12.0. The lowest BCUT2D eigenvalue weighted by atomic mass is 9.51. The summed E-state index contributed by atoms with van der Waals surface area (Å²) in [4.78, 5) is 12.0. The standard InChI is InChI=1S/C17H24O/c1-12-13-7-10-16(2)9-5-4-6-15(16)17(13,3)11-8-14(12)18/h6-7,12H,4-5,8-11H2,1-3H3/t12?,16-,17+/m1/s1. The Morgan fingerprint density at radius 3 is 2.78 bits per heavy atom. The minimum absolute atomic E-state index is 0.149. The smallest absolute Gasteiger partial charge is 0.139 e. The zero-order valence-electron chi connectivity index (χ0n) is 11.9. The van der Waals surface area contributed by atoms with Crippen LogP contribution in [0, 0.1) is 16.7 Å². The number of fused-ring (bicyclic) bond motifs is 3. The van der Waals surface area contributed by atoms with Crippen LogP contribution in [-0.2, 0) is 4.79 Å². The Labute approximate surface area is 110 Å². The molecule has 18 heavy (non-hydrogen) atoms. The molecule has 1 unspecified atom stereocenters. The van der Waals surface area contributed by atoms with Crippen LogP contribution in [0.25, 0.3) is 0 Å². The van der Waals surface area contributed by atoms with E-state index in [4.69, 9.17) is 0 Å². The van der Waals surface area contributed by atoms with E-state index in [0.717, 1.165) is 19.3 Å². The molecule has 3 aliphatic carbocycles. The Bertz CT molecular complexity index is 456. The number of hydrogen-bond donors (Lipinski definition) is 0. The molecule has 1 saturated carbocycles. The molecule has 0 aromatic carbocycles. The zero-order chi connectivity index (χ0) is 13.0. The lowest BCUT2D eigenvalue weighted by Crippen LogP contribution is -2.43. The molecule has 0 aromatic rings. The van der Waals surface area contributed by atoms with Crippen molar-refractivity contribution in [3.63, 3.8) is 0 Å². The van der Waals surface area contributed by atoms with Crippen molar-refractivity contribution in [3.8, 4) is 0 Å². The Morgan fingerprint density at radius 1 is 1.22 bits per heavy atom. The van der Waals surface area contributed by atoms with E-state index < -0.39 is 0 Å². The molecule has 1 heteroatoms. The Hall–Kier alpha value is -0.850. The van der Waals surface area contributed by atoms with Gasteiger partial charge >= 0.3 is 0 Å². The highest BCUT2D eigenvalue weighted by molar-refractivity contribution is 5.85. The molecule has 0 spiro atoms. The molecular weight excluding hydrogens is 220 g/mol. The highest BCUT2D eigenvalue weighted by Crippen LogP contribution is 2.60. The van der Waals surface area contributed by atoms with Crippen molar-refractivity contribution >= 4 is 5.78 Å². The lowest BCUT2D eigenvalue weighted by Gasteiger charge is -2.52. The van der Waals surface area contributed by atoms with Gasteiger partial charge in [0.1, 0.15) is 5.78 Å². The quantitative estimate of drug-likeness (QED) is 0.576. The first-order valence-electron chi connectivity index (χ1n) is 7.42. The molecule has 0 radical (unpaired) electrons. The van der Waals surface area contributed by atoms with Crippen LogP contribution in [0.3, 0.4) is 0 Å². The van der Waals surface area contributed by atoms with Crippen LogP contribution in [0.1, 0.15) is 59.3 Å². The first-order chi connectivity index (χ1) is 8.47. The predicted molar refractivity (Wildman–Crippen MR) is 74.3 cm³/mol. The molecule has 3 aliphatic rings. The maximum absolute atomic E-state index is 12.0. The van der Waals surface area contributed by atoms with Crippen molar-refractivity contribution in [1.82, 2.24) is 0 Å². The predicted octanol–water partition coefficient (Wildman–Crippen LogP) is 4.44. The van der Waals surface area contributed by atoms with Gasteiger partial charge in [0, 0.05) is 17.8 Å². The van der Waals surface area contributed by atoms with Gasteiger partial charge < -0.3 is 0 Å². The van der Waals surface area contributed by atoms with Crippen LogP contribution in [-0.4, -0.2) is 5.78 Å². The van der Waals surface area contributed by atoms with Crippen LogP contribution in [0.15, 0.2) is 23.3 Å². The van der Waals surface area contributed by atoms with E-state index >= 15 is 0 Å². The van der Waals surface area contributed by atoms with Crippen molar-refractivity contribution < 1.29 is 4.79 Å². The molecule has 0 amide bonds. The van der Waals surface area contributed by atoms with Crippen LogP contribution >= 0.6 is 0 Å². The van der Waals surface area contributed by atoms with Gasteiger partial charge in [0.2, 0.25) is 0 Å². The highest BCUT2D eigenvalue weighted by Gasteiger charge is 2.50. The molecule has 0 aliphatic heterocycles. The molecule has 0 aromatic heterocycles. The molecule has 0 saturated heterocycles. The van der Waals surface area contributed by atoms with Gasteiger partial charge in [0.15, 0.2) is 0 Å². The average Bonchev–Trinajstić information content (AvgIpc) is 2.34. The minimum Gasteiger partial charge on any atom is -0.299 e. The van der Waals surface area contributed by atoms with E-state index in [2.05, 4.69) is 32.9 Å². The summed E-state index contributed by atoms with van der Waals surface area (Å²) in [5.74, 6) is 0.592. The van der Waals surface area contributed by atoms with E-state index in [1.807, 2.05) is 0 Å². The van der Waals surface area contributed by atoms with Gasteiger partial charge in [-0.15, -0.1) is 0 Å². The fourth-order valence-electron chi connectivity index (χ4n) is 4.64. The van der Waals surface area contributed by atoms with E-state index in [1.165, 1.54) is 24.8 Å². The SMILES string of the molecule is CC1C(=O)CC[C@@]2(C)C1=CC[C@@]1(C)CCCC=C12. The summed E-state index contributed by atoms with van der Waals surface area (Å²) >= 11 is 0. The summed E-state index contributed by atoms with van der Waals surface area (Å²) in [6.45, 7) is 6.92. The second-order valence-electron chi connectivity index (χ2n) is 6.95. The normalized spacial score (nSPS) is 43.7. The minimum atomic E-state index is 0.149. The number of ketones is 1. The molecule has 0 bridgehead atoms. The number of carbonyl (C=O) groups is 1. The molecule has 0 heterocycles. The molecule has 98 valence electrons. The molecule has 1 nitrogen and oxygen atoms in total. The number of carbonyl (C=O) groups excluding carboxylic acids is 1. The van der Waals surface area contributed by atoms with Crippen molar-refractivity contribution in [2.24, 2.45) is 16.7 Å². The summed E-state index contributed by atoms with van der Waals surface area (Å²) in [6.07, 6.45) is 11.7. The van der Waals surface area contributed by atoms with Crippen LogP contribution in [0.5, 0.6) is 0 Å². The Balaban J connectivity index is 2.11. The van der Waals surface area contributed by atoms with Gasteiger partial charge in [0.05, 0.1) is 0 Å². The molecule has 3 rings (SSSR count). The largest absolute Gasteiger partial charge is 0.299 e. The van der Waals surface area contributed by atoms with Gasteiger partial charge in [0.25, 0.3) is 0 Å². The first kappa shape index (κ1) is 12.2. The molecule has 3 atom stereocenters. The van der Waals surface area contributed by atoms with Gasteiger partial charge in [-0.3, -0.25) is 4.79 Å². The summed E-state index contributed by atoms with van der Waals surface area (Å²) in [5, 5.41) is 0. The third-order valence-corrected chi connectivity index (χ3v) is 5.76.